The van der Waals surface area contributed by atoms with Gasteiger partial charge in [0.05, 0.1) is 21.9 Å². The van der Waals surface area contributed by atoms with Crippen LogP contribution in [0, 0.1) is 20.8 Å². The molecule has 0 spiro atoms. The van der Waals surface area contributed by atoms with Gasteiger partial charge in [-0.3, -0.25) is 9.48 Å². The molecular weight excluding hydrogens is 366 g/mol. The van der Waals surface area contributed by atoms with Crippen molar-refractivity contribution in [3.63, 3.8) is 0 Å². The summed E-state index contributed by atoms with van der Waals surface area (Å²) in [6.07, 6.45) is 0.347. The van der Waals surface area contributed by atoms with E-state index >= 15 is 0 Å². The Kier molecular flexibility index (Phi) is 5.29. The third kappa shape index (κ3) is 3.70. The summed E-state index contributed by atoms with van der Waals surface area (Å²) in [4.78, 5) is 12.2. The molecule has 118 valence electrons. The van der Waals surface area contributed by atoms with E-state index in [2.05, 4.69) is 26.3 Å². The van der Waals surface area contributed by atoms with Crippen LogP contribution in [-0.2, 0) is 4.79 Å². The number of halogens is 2. The summed E-state index contributed by atoms with van der Waals surface area (Å²) in [5.41, 5.74) is 3.65. The summed E-state index contributed by atoms with van der Waals surface area (Å²) >= 11 is 9.57. The van der Waals surface area contributed by atoms with Gasteiger partial charge in [-0.15, -0.1) is 0 Å². The summed E-state index contributed by atoms with van der Waals surface area (Å²) in [6.45, 7) is 7.83. The van der Waals surface area contributed by atoms with E-state index in [1.807, 2.05) is 44.5 Å². The van der Waals surface area contributed by atoms with Gasteiger partial charge < -0.3 is 5.32 Å². The van der Waals surface area contributed by atoms with Gasteiger partial charge in [0.1, 0.15) is 0 Å². The number of rotatable bonds is 4. The maximum Gasteiger partial charge on any atom is 0.226 e. The Balaban J connectivity index is 2.04. The molecule has 6 heteroatoms. The van der Waals surface area contributed by atoms with Gasteiger partial charge in [0.25, 0.3) is 0 Å². The van der Waals surface area contributed by atoms with Crippen LogP contribution in [0.5, 0.6) is 0 Å². The maximum atomic E-state index is 12.2. The molecule has 0 aliphatic rings. The number of anilines is 1. The summed E-state index contributed by atoms with van der Waals surface area (Å²) in [7, 11) is 0. The van der Waals surface area contributed by atoms with E-state index in [-0.39, 0.29) is 11.9 Å². The molecule has 1 atom stereocenters. The van der Waals surface area contributed by atoms with Gasteiger partial charge in [-0.05, 0) is 61.3 Å². The lowest BCUT2D eigenvalue weighted by Gasteiger charge is -2.14. The Morgan fingerprint density at radius 3 is 2.64 bits per heavy atom. The monoisotopic (exact) mass is 383 g/mol. The van der Waals surface area contributed by atoms with Crippen molar-refractivity contribution in [1.29, 1.82) is 0 Å². The third-order valence-electron chi connectivity index (χ3n) is 3.59. The first kappa shape index (κ1) is 17.0. The van der Waals surface area contributed by atoms with E-state index in [0.29, 0.717) is 17.1 Å². The molecule has 1 aromatic carbocycles. The minimum atomic E-state index is -0.0592. The molecule has 0 saturated carbocycles. The van der Waals surface area contributed by atoms with E-state index in [4.69, 9.17) is 11.6 Å². The highest BCUT2D eigenvalue weighted by Gasteiger charge is 2.17. The fourth-order valence-electron chi connectivity index (χ4n) is 2.31. The highest BCUT2D eigenvalue weighted by molar-refractivity contribution is 9.10. The van der Waals surface area contributed by atoms with Gasteiger partial charge >= 0.3 is 0 Å². The number of hydrogen-bond acceptors (Lipinski definition) is 2. The summed E-state index contributed by atoms with van der Waals surface area (Å²) in [5, 5.41) is 7.99. The van der Waals surface area contributed by atoms with E-state index < -0.39 is 0 Å². The van der Waals surface area contributed by atoms with Crippen LogP contribution in [0.25, 0.3) is 0 Å². The van der Waals surface area contributed by atoms with Crippen molar-refractivity contribution in [3.05, 3.63) is 44.6 Å². The SMILES string of the molecule is Cc1ccc(NC(=O)C[C@H](C)n2nc(C)c(Br)c2C)cc1Cl. The number of aryl methyl sites for hydroxylation is 2. The summed E-state index contributed by atoms with van der Waals surface area (Å²) < 4.78 is 2.87. The second kappa shape index (κ2) is 6.84. The lowest BCUT2D eigenvalue weighted by atomic mass is 10.2. The van der Waals surface area contributed by atoms with Crippen LogP contribution < -0.4 is 5.32 Å². The zero-order valence-electron chi connectivity index (χ0n) is 13.1. The summed E-state index contributed by atoms with van der Waals surface area (Å²) in [5.74, 6) is -0.0592. The van der Waals surface area contributed by atoms with Gasteiger partial charge in [0, 0.05) is 17.1 Å². The Bertz CT molecular complexity index is 712. The second-order valence-electron chi connectivity index (χ2n) is 5.49. The lowest BCUT2D eigenvalue weighted by Crippen LogP contribution is -2.19. The molecule has 0 bridgehead atoms. The van der Waals surface area contributed by atoms with Crippen LogP contribution in [0.1, 0.15) is 36.3 Å². The molecule has 1 amide bonds. The highest BCUT2D eigenvalue weighted by Crippen LogP contribution is 2.25. The molecule has 1 heterocycles. The highest BCUT2D eigenvalue weighted by atomic mass is 79.9. The first-order chi connectivity index (χ1) is 10.3. The van der Waals surface area contributed by atoms with E-state index in [1.165, 1.54) is 0 Å². The van der Waals surface area contributed by atoms with Crippen LogP contribution in [0.2, 0.25) is 5.02 Å². The van der Waals surface area contributed by atoms with Crippen LogP contribution in [-0.4, -0.2) is 15.7 Å². The summed E-state index contributed by atoms with van der Waals surface area (Å²) in [6, 6.07) is 5.48. The molecule has 0 aliphatic carbocycles. The minimum absolute atomic E-state index is 0.0223. The molecule has 0 aliphatic heterocycles. The minimum Gasteiger partial charge on any atom is -0.326 e. The molecule has 1 N–H and O–H groups in total. The number of amides is 1. The first-order valence-electron chi connectivity index (χ1n) is 7.06. The van der Waals surface area contributed by atoms with E-state index in [9.17, 15) is 4.79 Å². The van der Waals surface area contributed by atoms with Crippen LogP contribution >= 0.6 is 27.5 Å². The standard InChI is InChI=1S/C16H19BrClN3O/c1-9-5-6-13(8-14(9)18)19-15(22)7-10(2)21-12(4)16(17)11(3)20-21/h5-6,8,10H,7H2,1-4H3,(H,19,22)/t10-/m0/s1. The number of carbonyl (C=O) groups is 1. The van der Waals surface area contributed by atoms with E-state index in [0.717, 1.165) is 21.4 Å². The van der Waals surface area contributed by atoms with E-state index in [1.54, 1.807) is 6.07 Å². The molecular formula is C16H19BrClN3O. The fourth-order valence-corrected chi connectivity index (χ4v) is 2.75. The van der Waals surface area contributed by atoms with Crippen molar-refractivity contribution < 1.29 is 4.79 Å². The van der Waals surface area contributed by atoms with Crippen molar-refractivity contribution in [3.8, 4) is 0 Å². The number of aromatic nitrogens is 2. The van der Waals surface area contributed by atoms with Gasteiger partial charge in [0.2, 0.25) is 5.91 Å². The van der Waals surface area contributed by atoms with Gasteiger partial charge in [0.15, 0.2) is 0 Å². The van der Waals surface area contributed by atoms with Crippen molar-refractivity contribution in [1.82, 2.24) is 9.78 Å². The van der Waals surface area contributed by atoms with Gasteiger partial charge in [-0.2, -0.15) is 5.10 Å². The van der Waals surface area contributed by atoms with Crippen LogP contribution in [0.3, 0.4) is 0 Å². The zero-order valence-corrected chi connectivity index (χ0v) is 15.4. The fraction of sp³-hybridized carbons (Fsp3) is 0.375. The average Bonchev–Trinajstić information content (AvgIpc) is 2.70. The number of carbonyl (C=O) groups excluding carboxylic acids is 1. The van der Waals surface area contributed by atoms with Gasteiger partial charge in [-0.25, -0.2) is 0 Å². The van der Waals surface area contributed by atoms with Crippen molar-refractivity contribution in [2.24, 2.45) is 0 Å². The molecule has 0 radical (unpaired) electrons. The van der Waals surface area contributed by atoms with Crippen LogP contribution in [0.15, 0.2) is 22.7 Å². The maximum absolute atomic E-state index is 12.2. The smallest absolute Gasteiger partial charge is 0.226 e. The molecule has 0 saturated heterocycles. The quantitative estimate of drug-likeness (QED) is 0.822. The van der Waals surface area contributed by atoms with Crippen molar-refractivity contribution in [2.45, 2.75) is 40.2 Å². The number of benzene rings is 1. The van der Waals surface area contributed by atoms with Gasteiger partial charge in [-0.1, -0.05) is 17.7 Å². The number of nitrogens with one attached hydrogen (secondary N) is 1. The Hall–Kier alpha value is -1.33. The molecule has 0 unspecified atom stereocenters. The molecule has 2 aromatic rings. The molecule has 1 aromatic heterocycles. The number of nitrogens with zero attached hydrogens (tertiary/aromatic N) is 2. The van der Waals surface area contributed by atoms with Crippen molar-refractivity contribution in [2.75, 3.05) is 5.32 Å². The predicted octanol–water partition coefficient (Wildman–Crippen LogP) is 4.81. The predicted molar refractivity (Wildman–Crippen MR) is 93.5 cm³/mol. The van der Waals surface area contributed by atoms with Crippen LogP contribution in [0.4, 0.5) is 5.69 Å². The molecule has 4 nitrogen and oxygen atoms in total. The second-order valence-corrected chi connectivity index (χ2v) is 6.69. The Labute approximate surface area is 144 Å². The number of hydrogen-bond donors (Lipinski definition) is 1. The first-order valence-corrected chi connectivity index (χ1v) is 8.24. The topological polar surface area (TPSA) is 46.9 Å². The zero-order chi connectivity index (χ0) is 16.4. The molecule has 0 fully saturated rings. The Morgan fingerprint density at radius 2 is 2.09 bits per heavy atom. The third-order valence-corrected chi connectivity index (χ3v) is 5.15. The normalized spacial score (nSPS) is 12.3. The molecule has 2 rings (SSSR count). The average molecular weight is 385 g/mol. The molecule has 22 heavy (non-hydrogen) atoms. The van der Waals surface area contributed by atoms with Crippen molar-refractivity contribution >= 4 is 39.1 Å². The largest absolute Gasteiger partial charge is 0.326 e. The lowest BCUT2D eigenvalue weighted by molar-refractivity contribution is -0.116. The Morgan fingerprint density at radius 1 is 1.41 bits per heavy atom.